The van der Waals surface area contributed by atoms with Gasteiger partial charge in [0.1, 0.15) is 0 Å². The zero-order valence-electron chi connectivity index (χ0n) is 12.0. The Balaban J connectivity index is 5.71. The Kier molecular flexibility index (Phi) is 7.70. The van der Waals surface area contributed by atoms with E-state index in [4.69, 9.17) is 0 Å². The van der Waals surface area contributed by atoms with Crippen molar-refractivity contribution >= 4 is 19.3 Å². The van der Waals surface area contributed by atoms with E-state index >= 15 is 0 Å². The lowest BCUT2D eigenvalue weighted by atomic mass is 10.2. The van der Waals surface area contributed by atoms with E-state index in [1.54, 1.807) is 6.08 Å². The Labute approximate surface area is 115 Å². The van der Waals surface area contributed by atoms with Crippen molar-refractivity contribution in [1.29, 1.82) is 0 Å². The first kappa shape index (κ1) is 16.7. The van der Waals surface area contributed by atoms with Gasteiger partial charge in [0.25, 0.3) is 0 Å². The molecule has 0 heterocycles. The standard InChI is InChI=1S/C16H21N3/c1-8-14(11-17-6)16(18-7)19-15(13(4)5)10-9-12(2)3/h8-11H,1,4,6-7H2,2-3,5H3/b14-11+,15-10+,19-16-. The molecule has 0 atom stereocenters. The van der Waals surface area contributed by atoms with Crippen molar-refractivity contribution in [2.45, 2.75) is 20.8 Å². The number of allylic oxidation sites excluding steroid dienone is 4. The average Bonchev–Trinajstić information content (AvgIpc) is 2.36. The van der Waals surface area contributed by atoms with Crippen LogP contribution in [-0.2, 0) is 0 Å². The van der Waals surface area contributed by atoms with Crippen LogP contribution in [0.15, 0.2) is 75.0 Å². The summed E-state index contributed by atoms with van der Waals surface area (Å²) in [7, 11) is 0. The smallest absolute Gasteiger partial charge is 0.160 e. The minimum absolute atomic E-state index is 0.443. The van der Waals surface area contributed by atoms with E-state index in [0.29, 0.717) is 11.4 Å². The van der Waals surface area contributed by atoms with E-state index in [-0.39, 0.29) is 0 Å². The molecule has 19 heavy (non-hydrogen) atoms. The third-order valence-electron chi connectivity index (χ3n) is 2.10. The van der Waals surface area contributed by atoms with Gasteiger partial charge in [0.15, 0.2) is 5.84 Å². The van der Waals surface area contributed by atoms with Crippen molar-refractivity contribution in [2.24, 2.45) is 15.0 Å². The fourth-order valence-electron chi connectivity index (χ4n) is 1.13. The zero-order valence-corrected chi connectivity index (χ0v) is 12.0. The topological polar surface area (TPSA) is 37.1 Å². The van der Waals surface area contributed by atoms with Crippen LogP contribution in [-0.4, -0.2) is 19.3 Å². The summed E-state index contributed by atoms with van der Waals surface area (Å²) in [4.78, 5) is 12.0. The van der Waals surface area contributed by atoms with Crippen LogP contribution in [0, 0.1) is 0 Å². The third kappa shape index (κ3) is 6.27. The summed E-state index contributed by atoms with van der Waals surface area (Å²) in [6.07, 6.45) is 7.01. The van der Waals surface area contributed by atoms with Gasteiger partial charge >= 0.3 is 0 Å². The molecule has 0 aliphatic carbocycles. The number of aliphatic imine (C=N–C) groups is 3. The van der Waals surface area contributed by atoms with Gasteiger partial charge in [-0.15, -0.1) is 0 Å². The highest BCUT2D eigenvalue weighted by Crippen LogP contribution is 2.13. The van der Waals surface area contributed by atoms with Gasteiger partial charge in [-0.3, -0.25) is 4.99 Å². The number of rotatable bonds is 6. The van der Waals surface area contributed by atoms with E-state index < -0.39 is 0 Å². The summed E-state index contributed by atoms with van der Waals surface area (Å²) >= 11 is 0. The molecule has 0 radical (unpaired) electrons. The maximum absolute atomic E-state index is 4.43. The van der Waals surface area contributed by atoms with Crippen molar-refractivity contribution in [1.82, 2.24) is 0 Å². The summed E-state index contributed by atoms with van der Waals surface area (Å²) in [6, 6.07) is 0. The van der Waals surface area contributed by atoms with Gasteiger partial charge in [-0.1, -0.05) is 30.9 Å². The molecule has 0 saturated heterocycles. The van der Waals surface area contributed by atoms with Crippen LogP contribution in [0.3, 0.4) is 0 Å². The van der Waals surface area contributed by atoms with Crippen LogP contribution in [0.5, 0.6) is 0 Å². The van der Waals surface area contributed by atoms with E-state index in [1.807, 2.05) is 32.9 Å². The molecule has 0 aromatic carbocycles. The van der Waals surface area contributed by atoms with Crippen LogP contribution in [0.4, 0.5) is 0 Å². The van der Waals surface area contributed by atoms with E-state index in [9.17, 15) is 0 Å². The van der Waals surface area contributed by atoms with Gasteiger partial charge in [0, 0.05) is 11.8 Å². The largest absolute Gasteiger partial charge is 0.272 e. The highest BCUT2D eigenvalue weighted by molar-refractivity contribution is 6.03. The maximum atomic E-state index is 4.43. The Morgan fingerprint density at radius 1 is 1.05 bits per heavy atom. The van der Waals surface area contributed by atoms with Gasteiger partial charge in [-0.2, -0.15) is 0 Å². The first-order chi connectivity index (χ1) is 8.96. The molecular weight excluding hydrogens is 234 g/mol. The first-order valence-corrected chi connectivity index (χ1v) is 5.81. The second kappa shape index (κ2) is 8.75. The molecule has 0 bridgehead atoms. The number of amidine groups is 1. The normalized spacial score (nSPS) is 12.7. The Bertz CT molecular complexity index is 496. The van der Waals surface area contributed by atoms with E-state index in [0.717, 1.165) is 11.3 Å². The molecule has 0 fully saturated rings. The molecule has 0 aliphatic heterocycles. The fourth-order valence-corrected chi connectivity index (χ4v) is 1.13. The van der Waals surface area contributed by atoms with Crippen LogP contribution in [0.25, 0.3) is 0 Å². The third-order valence-corrected chi connectivity index (χ3v) is 2.10. The minimum atomic E-state index is 0.443. The quantitative estimate of drug-likeness (QED) is 0.386. The second-order valence-corrected chi connectivity index (χ2v) is 4.14. The highest BCUT2D eigenvalue weighted by atomic mass is 14.9. The van der Waals surface area contributed by atoms with Gasteiger partial charge in [0.05, 0.1) is 5.70 Å². The molecule has 100 valence electrons. The second-order valence-electron chi connectivity index (χ2n) is 4.14. The van der Waals surface area contributed by atoms with Gasteiger partial charge in [-0.25, -0.2) is 9.98 Å². The number of nitrogens with zero attached hydrogens (tertiary/aromatic N) is 3. The van der Waals surface area contributed by atoms with Crippen molar-refractivity contribution in [3.05, 3.63) is 60.0 Å². The van der Waals surface area contributed by atoms with Gasteiger partial charge < -0.3 is 0 Å². The van der Waals surface area contributed by atoms with Crippen LogP contribution < -0.4 is 0 Å². The molecule has 0 rings (SSSR count). The molecule has 0 amide bonds. The molecule has 0 aromatic heterocycles. The van der Waals surface area contributed by atoms with Crippen molar-refractivity contribution < 1.29 is 0 Å². The van der Waals surface area contributed by atoms with Crippen LogP contribution in [0.1, 0.15) is 20.8 Å². The molecule has 0 spiro atoms. The predicted molar refractivity (Wildman–Crippen MR) is 87.1 cm³/mol. The van der Waals surface area contributed by atoms with Crippen molar-refractivity contribution in [3.63, 3.8) is 0 Å². The molecular formula is C16H21N3. The molecule has 0 unspecified atom stereocenters. The highest BCUT2D eigenvalue weighted by Gasteiger charge is 2.03. The summed E-state index contributed by atoms with van der Waals surface area (Å²) < 4.78 is 0. The Morgan fingerprint density at radius 2 is 1.68 bits per heavy atom. The summed E-state index contributed by atoms with van der Waals surface area (Å²) in [5, 5.41) is 0. The molecule has 0 aromatic rings. The number of hydrogen-bond acceptors (Lipinski definition) is 2. The zero-order chi connectivity index (χ0) is 14.8. The predicted octanol–water partition coefficient (Wildman–Crippen LogP) is 4.28. The monoisotopic (exact) mass is 255 g/mol. The van der Waals surface area contributed by atoms with Gasteiger partial charge in [0.2, 0.25) is 0 Å². The fraction of sp³-hybridized carbons (Fsp3) is 0.188. The number of hydrogen-bond donors (Lipinski definition) is 0. The van der Waals surface area contributed by atoms with Crippen LogP contribution in [0.2, 0.25) is 0 Å². The van der Waals surface area contributed by atoms with Gasteiger partial charge in [-0.05, 0) is 45.9 Å². The molecule has 0 saturated carbocycles. The SMILES string of the molecule is C=CC(=C\N=C)/C(N=C)=N/C(=C/C=C(C)C)C(=C)C. The lowest BCUT2D eigenvalue weighted by molar-refractivity contribution is 1.27. The first-order valence-electron chi connectivity index (χ1n) is 5.81. The van der Waals surface area contributed by atoms with Crippen molar-refractivity contribution in [2.75, 3.05) is 0 Å². The molecule has 0 aliphatic rings. The van der Waals surface area contributed by atoms with E-state index in [1.165, 1.54) is 11.8 Å². The molecule has 3 nitrogen and oxygen atoms in total. The lowest BCUT2D eigenvalue weighted by Gasteiger charge is -2.04. The minimum Gasteiger partial charge on any atom is -0.272 e. The summed E-state index contributed by atoms with van der Waals surface area (Å²) in [6.45, 7) is 20.4. The lowest BCUT2D eigenvalue weighted by Crippen LogP contribution is -1.98. The molecule has 0 N–H and O–H groups in total. The summed E-state index contributed by atoms with van der Waals surface area (Å²) in [5.74, 6) is 0.443. The average molecular weight is 255 g/mol. The van der Waals surface area contributed by atoms with Crippen LogP contribution >= 0.6 is 0 Å². The Morgan fingerprint density at radius 3 is 2.05 bits per heavy atom. The van der Waals surface area contributed by atoms with Crippen molar-refractivity contribution in [3.8, 4) is 0 Å². The van der Waals surface area contributed by atoms with E-state index in [2.05, 4.69) is 41.6 Å². The maximum Gasteiger partial charge on any atom is 0.160 e. The Hall–Kier alpha value is -2.29. The molecule has 3 heteroatoms. The summed E-state index contributed by atoms with van der Waals surface area (Å²) in [5.41, 5.74) is 3.41.